The van der Waals surface area contributed by atoms with E-state index in [4.69, 9.17) is 0 Å². The zero-order valence-corrected chi connectivity index (χ0v) is 15.6. The summed E-state index contributed by atoms with van der Waals surface area (Å²) in [6.45, 7) is 5.91. The van der Waals surface area contributed by atoms with Gasteiger partial charge in [0, 0.05) is 5.56 Å². The third-order valence-corrected chi connectivity index (χ3v) is 5.19. The van der Waals surface area contributed by atoms with Gasteiger partial charge < -0.3 is 5.32 Å². The molecule has 1 amide bonds. The Morgan fingerprint density at radius 3 is 2.62 bits per heavy atom. The Morgan fingerprint density at radius 1 is 1.08 bits per heavy atom. The number of fused-ring (bicyclic) bond motifs is 1. The van der Waals surface area contributed by atoms with Gasteiger partial charge in [-0.15, -0.1) is 11.3 Å². The maximum atomic E-state index is 12.7. The molecule has 0 bridgehead atoms. The summed E-state index contributed by atoms with van der Waals surface area (Å²) in [7, 11) is 0. The van der Waals surface area contributed by atoms with E-state index in [9.17, 15) is 4.79 Å². The first kappa shape index (κ1) is 16.5. The number of carbonyl (C=O) groups excluding carboxylic acids is 1. The monoisotopic (exact) mass is 362 g/mol. The first-order valence-corrected chi connectivity index (χ1v) is 9.19. The van der Waals surface area contributed by atoms with Crippen LogP contribution < -0.4 is 5.32 Å². The molecule has 0 fully saturated rings. The van der Waals surface area contributed by atoms with Crippen LogP contribution >= 0.6 is 11.3 Å². The van der Waals surface area contributed by atoms with E-state index in [1.165, 1.54) is 16.9 Å². The maximum Gasteiger partial charge on any atom is 0.255 e. The third kappa shape index (κ3) is 2.88. The molecule has 4 rings (SSSR count). The fraction of sp³-hybridized carbons (Fsp3) is 0.150. The van der Waals surface area contributed by atoms with Crippen LogP contribution in [0.25, 0.3) is 15.9 Å². The zero-order chi connectivity index (χ0) is 18.3. The van der Waals surface area contributed by atoms with Gasteiger partial charge in [-0.05, 0) is 51.1 Å². The molecule has 6 heteroatoms. The maximum absolute atomic E-state index is 12.7. The van der Waals surface area contributed by atoms with Crippen molar-refractivity contribution in [3.05, 3.63) is 70.5 Å². The second-order valence-electron chi connectivity index (χ2n) is 6.28. The molecule has 0 atom stereocenters. The summed E-state index contributed by atoms with van der Waals surface area (Å²) in [5, 5.41) is 7.61. The SMILES string of the molecule is Cc1ccc(-n2nc(C)c(NC(=O)c3ccc4ncsc4c3)c2C)cc1. The van der Waals surface area contributed by atoms with Crippen molar-refractivity contribution >= 4 is 33.1 Å². The van der Waals surface area contributed by atoms with Gasteiger partial charge in [0.25, 0.3) is 5.91 Å². The molecule has 0 aliphatic heterocycles. The van der Waals surface area contributed by atoms with E-state index in [1.54, 1.807) is 11.6 Å². The van der Waals surface area contributed by atoms with E-state index in [1.807, 2.05) is 54.9 Å². The Hall–Kier alpha value is -2.99. The molecule has 1 N–H and O–H groups in total. The third-order valence-electron chi connectivity index (χ3n) is 4.40. The van der Waals surface area contributed by atoms with Crippen molar-refractivity contribution in [3.8, 4) is 5.69 Å². The van der Waals surface area contributed by atoms with Gasteiger partial charge in [-0.1, -0.05) is 17.7 Å². The lowest BCUT2D eigenvalue weighted by molar-refractivity contribution is 0.102. The summed E-state index contributed by atoms with van der Waals surface area (Å²) in [5.41, 5.74) is 7.92. The predicted octanol–water partition coefficient (Wildman–Crippen LogP) is 4.66. The molecule has 0 unspecified atom stereocenters. The average Bonchev–Trinajstić information content (AvgIpc) is 3.21. The van der Waals surface area contributed by atoms with Crippen LogP contribution in [0, 0.1) is 20.8 Å². The van der Waals surface area contributed by atoms with Crippen LogP contribution in [0.1, 0.15) is 27.3 Å². The first-order chi connectivity index (χ1) is 12.5. The van der Waals surface area contributed by atoms with Gasteiger partial charge in [0.15, 0.2) is 0 Å². The van der Waals surface area contributed by atoms with E-state index >= 15 is 0 Å². The number of benzene rings is 2. The van der Waals surface area contributed by atoms with Crippen molar-refractivity contribution in [2.24, 2.45) is 0 Å². The summed E-state index contributed by atoms with van der Waals surface area (Å²) in [6.07, 6.45) is 0. The van der Waals surface area contributed by atoms with Crippen LogP contribution in [0.2, 0.25) is 0 Å². The molecule has 130 valence electrons. The van der Waals surface area contributed by atoms with Crippen LogP contribution in [-0.2, 0) is 0 Å². The highest BCUT2D eigenvalue weighted by Crippen LogP contribution is 2.25. The number of aromatic nitrogens is 3. The summed E-state index contributed by atoms with van der Waals surface area (Å²) in [5.74, 6) is -0.144. The fourth-order valence-corrected chi connectivity index (χ4v) is 3.66. The number of aryl methyl sites for hydroxylation is 2. The lowest BCUT2D eigenvalue weighted by Crippen LogP contribution is -2.13. The highest BCUT2D eigenvalue weighted by atomic mass is 32.1. The quantitative estimate of drug-likeness (QED) is 0.577. The second kappa shape index (κ2) is 6.38. The van der Waals surface area contributed by atoms with E-state index in [0.29, 0.717) is 5.56 Å². The van der Waals surface area contributed by atoms with Crippen LogP contribution in [0.5, 0.6) is 0 Å². The van der Waals surface area contributed by atoms with E-state index in [-0.39, 0.29) is 5.91 Å². The van der Waals surface area contributed by atoms with Crippen molar-refractivity contribution < 1.29 is 4.79 Å². The normalized spacial score (nSPS) is 11.0. The number of hydrogen-bond acceptors (Lipinski definition) is 4. The number of nitrogens with zero attached hydrogens (tertiary/aromatic N) is 3. The molecule has 2 aromatic carbocycles. The summed E-state index contributed by atoms with van der Waals surface area (Å²) in [6, 6.07) is 13.7. The number of nitrogens with one attached hydrogen (secondary N) is 1. The van der Waals surface area contributed by atoms with Gasteiger partial charge in [0.2, 0.25) is 0 Å². The number of carbonyl (C=O) groups is 1. The number of thiazole rings is 1. The lowest BCUT2D eigenvalue weighted by Gasteiger charge is -2.07. The molecule has 5 nitrogen and oxygen atoms in total. The van der Waals surface area contributed by atoms with Crippen LogP contribution in [0.3, 0.4) is 0 Å². The molecule has 2 heterocycles. The van der Waals surface area contributed by atoms with Gasteiger partial charge >= 0.3 is 0 Å². The molecular weight excluding hydrogens is 344 g/mol. The molecule has 0 saturated heterocycles. The molecule has 2 aromatic heterocycles. The lowest BCUT2D eigenvalue weighted by atomic mass is 10.2. The highest BCUT2D eigenvalue weighted by Gasteiger charge is 2.16. The van der Waals surface area contributed by atoms with Crippen molar-refractivity contribution in [2.75, 3.05) is 5.32 Å². The van der Waals surface area contributed by atoms with Crippen LogP contribution in [0.4, 0.5) is 5.69 Å². The van der Waals surface area contributed by atoms with E-state index in [2.05, 4.69) is 22.3 Å². The summed E-state index contributed by atoms with van der Waals surface area (Å²) < 4.78 is 2.86. The second-order valence-corrected chi connectivity index (χ2v) is 7.17. The van der Waals surface area contributed by atoms with Gasteiger partial charge in [-0.2, -0.15) is 5.10 Å². The van der Waals surface area contributed by atoms with Crippen molar-refractivity contribution in [3.63, 3.8) is 0 Å². The Labute approximate surface area is 155 Å². The minimum Gasteiger partial charge on any atom is -0.319 e. The smallest absolute Gasteiger partial charge is 0.255 e. The Bertz CT molecular complexity index is 1110. The molecule has 0 radical (unpaired) electrons. The predicted molar refractivity (Wildman–Crippen MR) is 105 cm³/mol. The molecule has 0 aliphatic carbocycles. The van der Waals surface area contributed by atoms with Gasteiger partial charge in [0.05, 0.1) is 38.5 Å². The Balaban J connectivity index is 1.65. The zero-order valence-electron chi connectivity index (χ0n) is 14.8. The van der Waals surface area contributed by atoms with Gasteiger partial charge in [-0.3, -0.25) is 4.79 Å². The molecular formula is C20H18N4OS. The summed E-state index contributed by atoms with van der Waals surface area (Å²) >= 11 is 1.53. The van der Waals surface area contributed by atoms with Crippen LogP contribution in [0.15, 0.2) is 48.0 Å². The minimum atomic E-state index is -0.144. The number of amides is 1. The Morgan fingerprint density at radius 2 is 1.85 bits per heavy atom. The first-order valence-electron chi connectivity index (χ1n) is 8.31. The van der Waals surface area contributed by atoms with Crippen molar-refractivity contribution in [2.45, 2.75) is 20.8 Å². The van der Waals surface area contributed by atoms with Crippen molar-refractivity contribution in [1.82, 2.24) is 14.8 Å². The molecule has 26 heavy (non-hydrogen) atoms. The molecule has 0 saturated carbocycles. The van der Waals surface area contributed by atoms with Crippen molar-refractivity contribution in [1.29, 1.82) is 0 Å². The number of rotatable bonds is 3. The Kier molecular flexibility index (Phi) is 4.05. The number of hydrogen-bond donors (Lipinski definition) is 1. The van der Waals surface area contributed by atoms with Gasteiger partial charge in [0.1, 0.15) is 0 Å². The standard InChI is InChI=1S/C20H18N4OS/c1-12-4-7-16(8-5-12)24-14(3)19(13(2)23-24)22-20(25)15-6-9-17-18(10-15)26-11-21-17/h4-11H,1-3H3,(H,22,25). The van der Waals surface area contributed by atoms with Gasteiger partial charge in [-0.25, -0.2) is 9.67 Å². The van der Waals surface area contributed by atoms with Crippen LogP contribution in [-0.4, -0.2) is 20.7 Å². The van der Waals surface area contributed by atoms with E-state index < -0.39 is 0 Å². The average molecular weight is 362 g/mol. The number of anilines is 1. The summed E-state index contributed by atoms with van der Waals surface area (Å²) in [4.78, 5) is 17.0. The molecule has 0 aliphatic rings. The molecule has 0 spiro atoms. The minimum absolute atomic E-state index is 0.144. The molecule has 4 aromatic rings. The highest BCUT2D eigenvalue weighted by molar-refractivity contribution is 7.16. The fourth-order valence-electron chi connectivity index (χ4n) is 2.94. The largest absolute Gasteiger partial charge is 0.319 e. The topological polar surface area (TPSA) is 59.8 Å². The van der Waals surface area contributed by atoms with E-state index in [0.717, 1.165) is 33.0 Å².